The predicted octanol–water partition coefficient (Wildman–Crippen LogP) is 1.24. The molecule has 138 valence electrons. The summed E-state index contributed by atoms with van der Waals surface area (Å²) in [6.07, 6.45) is 0. The van der Waals surface area contributed by atoms with Crippen molar-refractivity contribution in [1.29, 1.82) is 0 Å². The molecule has 2 amide bonds. The number of likely N-dealkylation sites (N-methyl/N-ethyl adjacent to an activating group) is 1. The topological polar surface area (TPSA) is 84.9 Å². The van der Waals surface area contributed by atoms with Gasteiger partial charge < -0.3 is 19.7 Å². The van der Waals surface area contributed by atoms with Gasteiger partial charge in [-0.05, 0) is 30.0 Å². The minimum atomic E-state index is -0.650. The summed E-state index contributed by atoms with van der Waals surface area (Å²) < 4.78 is 10.3. The molecule has 1 aromatic rings. The van der Waals surface area contributed by atoms with Crippen LogP contribution < -0.4 is 10.1 Å². The van der Waals surface area contributed by atoms with E-state index in [0.717, 1.165) is 11.1 Å². The lowest BCUT2D eigenvalue weighted by molar-refractivity contribution is -0.150. The highest BCUT2D eigenvalue weighted by atomic mass is 16.6. The minimum absolute atomic E-state index is 0.138. The van der Waals surface area contributed by atoms with Crippen LogP contribution in [-0.4, -0.2) is 56.5 Å². The van der Waals surface area contributed by atoms with Crippen molar-refractivity contribution < 1.29 is 23.9 Å². The second-order valence-electron chi connectivity index (χ2n) is 6.19. The van der Waals surface area contributed by atoms with Gasteiger partial charge in [-0.3, -0.25) is 9.59 Å². The smallest absolute Gasteiger partial charge is 0.344 e. The van der Waals surface area contributed by atoms with Crippen LogP contribution in [0.3, 0.4) is 0 Å². The lowest BCUT2D eigenvalue weighted by Gasteiger charge is -2.13. The number of esters is 1. The Labute approximate surface area is 148 Å². The minimum Gasteiger partial charge on any atom is -0.482 e. The van der Waals surface area contributed by atoms with Crippen LogP contribution in [0.1, 0.15) is 30.9 Å². The van der Waals surface area contributed by atoms with E-state index in [4.69, 9.17) is 9.47 Å². The average molecular weight is 350 g/mol. The van der Waals surface area contributed by atoms with Gasteiger partial charge in [0.1, 0.15) is 5.75 Å². The molecular formula is C18H26N2O5. The quantitative estimate of drug-likeness (QED) is 0.713. The maximum Gasteiger partial charge on any atom is 0.344 e. The number of hydrogen-bond acceptors (Lipinski definition) is 5. The zero-order chi connectivity index (χ0) is 19.0. The van der Waals surface area contributed by atoms with Gasteiger partial charge in [-0.2, -0.15) is 0 Å². The molecule has 0 fully saturated rings. The number of nitrogens with zero attached hydrogens (tertiary/aromatic N) is 1. The number of aryl methyl sites for hydroxylation is 1. The maximum absolute atomic E-state index is 11.7. The highest BCUT2D eigenvalue weighted by Gasteiger charge is 2.12. The van der Waals surface area contributed by atoms with Gasteiger partial charge in [0.2, 0.25) is 5.91 Å². The molecule has 0 spiro atoms. The molecule has 1 N–H and O–H groups in total. The predicted molar refractivity (Wildman–Crippen MR) is 93.4 cm³/mol. The fourth-order valence-electron chi connectivity index (χ4n) is 1.84. The van der Waals surface area contributed by atoms with Crippen molar-refractivity contribution >= 4 is 17.8 Å². The summed E-state index contributed by atoms with van der Waals surface area (Å²) >= 11 is 0. The third kappa shape index (κ3) is 7.24. The standard InChI is InChI=1S/C18H26N2O5/c1-12(2)14-7-6-13(3)15(8-14)24-11-18(23)25-10-16(21)19-9-17(22)20(4)5/h6-8,12H,9-11H2,1-5H3,(H,19,21). The molecule has 1 rings (SSSR count). The molecular weight excluding hydrogens is 324 g/mol. The Bertz CT molecular complexity index is 626. The zero-order valence-corrected chi connectivity index (χ0v) is 15.4. The van der Waals surface area contributed by atoms with E-state index < -0.39 is 18.5 Å². The molecule has 0 bridgehead atoms. The average Bonchev–Trinajstić information content (AvgIpc) is 2.56. The number of carbonyl (C=O) groups excluding carboxylic acids is 3. The Hall–Kier alpha value is -2.57. The summed E-state index contributed by atoms with van der Waals surface area (Å²) in [5, 5.41) is 2.37. The van der Waals surface area contributed by atoms with E-state index in [2.05, 4.69) is 19.2 Å². The Kier molecular flexibility index (Phi) is 7.91. The molecule has 0 saturated heterocycles. The van der Waals surface area contributed by atoms with Gasteiger partial charge >= 0.3 is 5.97 Å². The number of nitrogens with one attached hydrogen (secondary N) is 1. The van der Waals surface area contributed by atoms with Gasteiger partial charge in [-0.15, -0.1) is 0 Å². The Morgan fingerprint density at radius 2 is 1.84 bits per heavy atom. The number of ether oxygens (including phenoxy) is 2. The molecule has 0 heterocycles. The van der Waals surface area contributed by atoms with E-state index in [9.17, 15) is 14.4 Å². The second-order valence-corrected chi connectivity index (χ2v) is 6.19. The lowest BCUT2D eigenvalue weighted by Crippen LogP contribution is -2.38. The summed E-state index contributed by atoms with van der Waals surface area (Å²) in [6.45, 7) is 5.16. The van der Waals surface area contributed by atoms with Gasteiger partial charge in [-0.1, -0.05) is 26.0 Å². The van der Waals surface area contributed by atoms with Crippen LogP contribution in [0.2, 0.25) is 0 Å². The molecule has 0 radical (unpaired) electrons. The summed E-state index contributed by atoms with van der Waals surface area (Å²) in [7, 11) is 3.17. The van der Waals surface area contributed by atoms with Gasteiger partial charge in [0.25, 0.3) is 5.91 Å². The first kappa shape index (κ1) is 20.5. The van der Waals surface area contributed by atoms with Crippen LogP contribution in [0.4, 0.5) is 0 Å². The Balaban J connectivity index is 2.39. The van der Waals surface area contributed by atoms with Crippen molar-refractivity contribution in [3.8, 4) is 5.75 Å². The SMILES string of the molecule is Cc1ccc(C(C)C)cc1OCC(=O)OCC(=O)NCC(=O)N(C)C. The molecule has 0 aliphatic rings. The fourth-order valence-corrected chi connectivity index (χ4v) is 1.84. The first-order valence-corrected chi connectivity index (χ1v) is 8.06. The Morgan fingerprint density at radius 3 is 2.44 bits per heavy atom. The molecule has 0 unspecified atom stereocenters. The third-order valence-electron chi connectivity index (χ3n) is 3.52. The van der Waals surface area contributed by atoms with Crippen molar-refractivity contribution in [3.05, 3.63) is 29.3 Å². The van der Waals surface area contributed by atoms with E-state index in [-0.39, 0.29) is 19.1 Å². The number of amides is 2. The van der Waals surface area contributed by atoms with E-state index in [1.807, 2.05) is 25.1 Å². The highest BCUT2D eigenvalue weighted by Crippen LogP contribution is 2.24. The van der Waals surface area contributed by atoms with Gasteiger partial charge in [0, 0.05) is 14.1 Å². The number of hydrogen-bond donors (Lipinski definition) is 1. The van der Waals surface area contributed by atoms with Crippen LogP contribution in [0.15, 0.2) is 18.2 Å². The number of benzene rings is 1. The highest BCUT2D eigenvalue weighted by molar-refractivity contribution is 5.86. The summed E-state index contributed by atoms with van der Waals surface area (Å²) in [4.78, 5) is 35.9. The lowest BCUT2D eigenvalue weighted by atomic mass is 10.0. The van der Waals surface area contributed by atoms with E-state index >= 15 is 0 Å². The first-order chi connectivity index (χ1) is 11.7. The third-order valence-corrected chi connectivity index (χ3v) is 3.52. The molecule has 0 atom stereocenters. The number of carbonyl (C=O) groups is 3. The molecule has 0 aliphatic heterocycles. The molecule has 7 heteroatoms. The van der Waals surface area contributed by atoms with Crippen LogP contribution in [-0.2, 0) is 19.1 Å². The van der Waals surface area contributed by atoms with Gasteiger partial charge in [0.05, 0.1) is 6.54 Å². The second kappa shape index (κ2) is 9.66. The maximum atomic E-state index is 11.7. The molecule has 0 aromatic heterocycles. The zero-order valence-electron chi connectivity index (χ0n) is 15.4. The van der Waals surface area contributed by atoms with E-state index in [1.54, 1.807) is 14.1 Å². The van der Waals surface area contributed by atoms with E-state index in [1.165, 1.54) is 4.90 Å². The molecule has 0 saturated carbocycles. The van der Waals surface area contributed by atoms with Crippen molar-refractivity contribution in [2.24, 2.45) is 0 Å². The first-order valence-electron chi connectivity index (χ1n) is 8.06. The molecule has 0 aliphatic carbocycles. The van der Waals surface area contributed by atoms with Crippen LogP contribution in [0.25, 0.3) is 0 Å². The van der Waals surface area contributed by atoms with Crippen molar-refractivity contribution in [3.63, 3.8) is 0 Å². The Morgan fingerprint density at radius 1 is 1.16 bits per heavy atom. The van der Waals surface area contributed by atoms with E-state index in [0.29, 0.717) is 11.7 Å². The summed E-state index contributed by atoms with van der Waals surface area (Å²) in [6, 6.07) is 5.85. The van der Waals surface area contributed by atoms with Crippen molar-refractivity contribution in [1.82, 2.24) is 10.2 Å². The number of rotatable bonds is 8. The molecule has 1 aromatic carbocycles. The van der Waals surface area contributed by atoms with Crippen LogP contribution in [0.5, 0.6) is 5.75 Å². The summed E-state index contributed by atoms with van der Waals surface area (Å²) in [5.74, 6) is -0.471. The van der Waals surface area contributed by atoms with Crippen molar-refractivity contribution in [2.75, 3.05) is 33.9 Å². The van der Waals surface area contributed by atoms with Gasteiger partial charge in [-0.25, -0.2) is 4.79 Å². The van der Waals surface area contributed by atoms with Crippen LogP contribution >= 0.6 is 0 Å². The summed E-state index contributed by atoms with van der Waals surface area (Å²) in [5.41, 5.74) is 2.02. The molecule has 7 nitrogen and oxygen atoms in total. The van der Waals surface area contributed by atoms with Gasteiger partial charge in [0.15, 0.2) is 13.2 Å². The normalized spacial score (nSPS) is 10.3. The molecule has 25 heavy (non-hydrogen) atoms. The van der Waals surface area contributed by atoms with Crippen molar-refractivity contribution in [2.45, 2.75) is 26.7 Å². The van der Waals surface area contributed by atoms with Crippen LogP contribution in [0, 0.1) is 6.92 Å². The monoisotopic (exact) mass is 350 g/mol. The fraction of sp³-hybridized carbons (Fsp3) is 0.500. The largest absolute Gasteiger partial charge is 0.482 e.